The van der Waals surface area contributed by atoms with Crippen LogP contribution in [-0.4, -0.2) is 76.6 Å². The van der Waals surface area contributed by atoms with E-state index in [0.29, 0.717) is 39.0 Å². The molecule has 0 radical (unpaired) electrons. The lowest BCUT2D eigenvalue weighted by Gasteiger charge is -2.33. The summed E-state index contributed by atoms with van der Waals surface area (Å²) in [5.41, 5.74) is -0.518. The SMILES string of the molecule is C#CC(CC(=O)O)NC(=O)C1CCN(C(=O)/C=C/C2CCN(C(=O)OC(C)(C)C)CC2)CC1. The topological polar surface area (TPSA) is 116 Å². The van der Waals surface area contributed by atoms with Crippen LogP contribution in [0.2, 0.25) is 0 Å². The number of ether oxygens (including phenoxy) is 1. The van der Waals surface area contributed by atoms with E-state index in [1.54, 1.807) is 15.9 Å². The van der Waals surface area contributed by atoms with Gasteiger partial charge < -0.3 is 25.0 Å². The van der Waals surface area contributed by atoms with E-state index in [1.807, 2.05) is 26.8 Å². The minimum atomic E-state index is -1.07. The number of rotatable bonds is 6. The molecule has 182 valence electrons. The maximum Gasteiger partial charge on any atom is 0.410 e. The fraction of sp³-hybridized carbons (Fsp3) is 0.667. The first-order chi connectivity index (χ1) is 15.5. The molecule has 2 N–H and O–H groups in total. The van der Waals surface area contributed by atoms with Crippen molar-refractivity contribution in [3.8, 4) is 12.3 Å². The highest BCUT2D eigenvalue weighted by Crippen LogP contribution is 2.22. The van der Waals surface area contributed by atoms with Crippen molar-refractivity contribution < 1.29 is 29.0 Å². The molecule has 0 aromatic carbocycles. The highest BCUT2D eigenvalue weighted by Gasteiger charge is 2.29. The minimum Gasteiger partial charge on any atom is -0.481 e. The van der Waals surface area contributed by atoms with Gasteiger partial charge in [-0.05, 0) is 58.4 Å². The van der Waals surface area contributed by atoms with Crippen LogP contribution in [0.3, 0.4) is 0 Å². The van der Waals surface area contributed by atoms with Crippen LogP contribution < -0.4 is 5.32 Å². The number of amides is 3. The number of terminal acetylenes is 1. The molecule has 1 unspecified atom stereocenters. The predicted octanol–water partition coefficient (Wildman–Crippen LogP) is 2.02. The normalized spacial score (nSPS) is 19.1. The standard InChI is InChI=1S/C24H35N3O6/c1-5-19(16-21(29)30)25-22(31)18-10-14-26(15-11-18)20(28)7-6-17-8-12-27(13-9-17)23(32)33-24(2,3)4/h1,6-7,17-19H,8-16H2,2-4H3,(H,25,31)(H,29,30)/b7-6+. The Balaban J connectivity index is 1.74. The van der Waals surface area contributed by atoms with Gasteiger partial charge in [0.1, 0.15) is 11.6 Å². The van der Waals surface area contributed by atoms with Crippen LogP contribution in [0.4, 0.5) is 4.79 Å². The third kappa shape index (κ3) is 8.79. The highest BCUT2D eigenvalue weighted by molar-refractivity contribution is 5.88. The Morgan fingerprint density at radius 3 is 2.18 bits per heavy atom. The molecule has 0 aliphatic carbocycles. The number of nitrogens with zero attached hydrogens (tertiary/aromatic N) is 2. The summed E-state index contributed by atoms with van der Waals surface area (Å²) in [6.07, 6.45) is 10.7. The molecule has 0 bridgehead atoms. The maximum absolute atomic E-state index is 12.6. The summed E-state index contributed by atoms with van der Waals surface area (Å²) in [6.45, 7) is 7.63. The maximum atomic E-state index is 12.6. The van der Waals surface area contributed by atoms with Gasteiger partial charge in [-0.2, -0.15) is 0 Å². The molecular formula is C24H35N3O6. The Labute approximate surface area is 195 Å². The van der Waals surface area contributed by atoms with Crippen molar-refractivity contribution in [1.82, 2.24) is 15.1 Å². The van der Waals surface area contributed by atoms with Crippen molar-refractivity contribution in [2.75, 3.05) is 26.2 Å². The third-order valence-electron chi connectivity index (χ3n) is 5.78. The molecule has 0 spiro atoms. The Kier molecular flexibility index (Phi) is 9.32. The molecule has 3 amide bonds. The smallest absolute Gasteiger partial charge is 0.410 e. The average molecular weight is 462 g/mol. The number of aliphatic carboxylic acids is 1. The summed E-state index contributed by atoms with van der Waals surface area (Å²) in [4.78, 5) is 51.3. The molecule has 33 heavy (non-hydrogen) atoms. The quantitative estimate of drug-likeness (QED) is 0.462. The summed E-state index contributed by atoms with van der Waals surface area (Å²) in [5.74, 6) is 0.797. The Morgan fingerprint density at radius 2 is 1.67 bits per heavy atom. The third-order valence-corrected chi connectivity index (χ3v) is 5.78. The van der Waals surface area contributed by atoms with Crippen LogP contribution in [0.1, 0.15) is 52.9 Å². The van der Waals surface area contributed by atoms with E-state index < -0.39 is 17.6 Å². The van der Waals surface area contributed by atoms with Crippen molar-refractivity contribution in [1.29, 1.82) is 0 Å². The van der Waals surface area contributed by atoms with Gasteiger partial charge in [-0.25, -0.2) is 4.79 Å². The number of piperidine rings is 2. The van der Waals surface area contributed by atoms with E-state index in [4.69, 9.17) is 16.3 Å². The summed E-state index contributed by atoms with van der Waals surface area (Å²) in [6, 6.07) is -0.834. The van der Waals surface area contributed by atoms with E-state index >= 15 is 0 Å². The lowest BCUT2D eigenvalue weighted by molar-refractivity contribution is -0.138. The fourth-order valence-corrected chi connectivity index (χ4v) is 3.90. The van der Waals surface area contributed by atoms with Crippen LogP contribution in [0, 0.1) is 24.2 Å². The molecule has 1 atom stereocenters. The molecule has 2 aliphatic rings. The predicted molar refractivity (Wildman–Crippen MR) is 122 cm³/mol. The van der Waals surface area contributed by atoms with Gasteiger partial charge in [0, 0.05) is 32.1 Å². The van der Waals surface area contributed by atoms with Gasteiger partial charge in [-0.3, -0.25) is 14.4 Å². The second-order valence-electron chi connectivity index (χ2n) is 9.59. The number of hydrogen-bond acceptors (Lipinski definition) is 5. The lowest BCUT2D eigenvalue weighted by atomic mass is 9.94. The summed E-state index contributed by atoms with van der Waals surface area (Å²) < 4.78 is 5.40. The van der Waals surface area contributed by atoms with Crippen LogP contribution in [0.15, 0.2) is 12.2 Å². The number of carboxylic acid groups (broad SMARTS) is 1. The van der Waals surface area contributed by atoms with E-state index in [0.717, 1.165) is 12.8 Å². The van der Waals surface area contributed by atoms with E-state index in [1.165, 1.54) is 0 Å². The number of carboxylic acids is 1. The second-order valence-corrected chi connectivity index (χ2v) is 9.59. The number of hydrogen-bond donors (Lipinski definition) is 2. The monoisotopic (exact) mass is 461 g/mol. The molecule has 2 fully saturated rings. The second kappa shape index (κ2) is 11.7. The molecule has 9 nitrogen and oxygen atoms in total. The molecule has 2 saturated heterocycles. The number of likely N-dealkylation sites (tertiary alicyclic amines) is 2. The Hall–Kier alpha value is -3.02. The van der Waals surface area contributed by atoms with Gasteiger partial charge in [0.15, 0.2) is 0 Å². The summed E-state index contributed by atoms with van der Waals surface area (Å²) >= 11 is 0. The number of carbonyl (C=O) groups excluding carboxylic acids is 3. The van der Waals surface area contributed by atoms with Gasteiger partial charge in [0.2, 0.25) is 11.8 Å². The molecule has 0 aromatic heterocycles. The largest absolute Gasteiger partial charge is 0.481 e. The van der Waals surface area contributed by atoms with Gasteiger partial charge in [-0.1, -0.05) is 12.0 Å². The van der Waals surface area contributed by atoms with Crippen molar-refractivity contribution in [3.05, 3.63) is 12.2 Å². The molecule has 2 heterocycles. The fourth-order valence-electron chi connectivity index (χ4n) is 3.90. The van der Waals surface area contributed by atoms with Crippen molar-refractivity contribution in [2.45, 2.75) is 64.5 Å². The zero-order valence-electron chi connectivity index (χ0n) is 19.7. The number of nitrogens with one attached hydrogen (secondary N) is 1. The summed E-state index contributed by atoms with van der Waals surface area (Å²) in [7, 11) is 0. The van der Waals surface area contributed by atoms with Crippen molar-refractivity contribution in [3.63, 3.8) is 0 Å². The average Bonchev–Trinajstić information content (AvgIpc) is 2.75. The van der Waals surface area contributed by atoms with Crippen LogP contribution in [0.5, 0.6) is 0 Å². The number of carbonyl (C=O) groups is 4. The molecule has 0 aromatic rings. The molecular weight excluding hydrogens is 426 g/mol. The first-order valence-corrected chi connectivity index (χ1v) is 11.4. The first-order valence-electron chi connectivity index (χ1n) is 11.4. The van der Waals surface area contributed by atoms with E-state index in [-0.39, 0.29) is 36.2 Å². The summed E-state index contributed by atoms with van der Waals surface area (Å²) in [5, 5.41) is 11.4. The Morgan fingerprint density at radius 1 is 1.09 bits per heavy atom. The van der Waals surface area contributed by atoms with E-state index in [9.17, 15) is 19.2 Å². The van der Waals surface area contributed by atoms with Crippen molar-refractivity contribution >= 4 is 23.9 Å². The molecule has 0 saturated carbocycles. The first kappa shape index (κ1) is 26.2. The number of allylic oxidation sites excluding steroid dienone is 1. The zero-order chi connectivity index (χ0) is 24.6. The highest BCUT2D eigenvalue weighted by atomic mass is 16.6. The van der Waals surface area contributed by atoms with E-state index in [2.05, 4.69) is 11.2 Å². The Bertz CT molecular complexity index is 794. The van der Waals surface area contributed by atoms with Gasteiger partial charge >= 0.3 is 12.1 Å². The molecule has 2 aliphatic heterocycles. The zero-order valence-corrected chi connectivity index (χ0v) is 19.7. The molecule has 9 heteroatoms. The van der Waals surface area contributed by atoms with Crippen LogP contribution >= 0.6 is 0 Å². The van der Waals surface area contributed by atoms with Gasteiger partial charge in [-0.15, -0.1) is 6.42 Å². The minimum absolute atomic E-state index is 0.0872. The lowest BCUT2D eigenvalue weighted by Crippen LogP contribution is -2.45. The van der Waals surface area contributed by atoms with Crippen LogP contribution in [0.25, 0.3) is 0 Å². The van der Waals surface area contributed by atoms with Crippen molar-refractivity contribution in [2.24, 2.45) is 11.8 Å². The van der Waals surface area contributed by atoms with Gasteiger partial charge in [0.25, 0.3) is 0 Å². The van der Waals surface area contributed by atoms with Gasteiger partial charge in [0.05, 0.1) is 6.42 Å². The molecule has 2 rings (SSSR count). The van der Waals surface area contributed by atoms with Crippen LogP contribution in [-0.2, 0) is 19.1 Å².